The van der Waals surface area contributed by atoms with Gasteiger partial charge in [-0.2, -0.15) is 0 Å². The number of Topliss-reactive ketones (excluding diaryl/α,β-unsaturated/α-hetero) is 1. The maximum atomic E-state index is 13.3. The number of carbonyl (C=O) groups is 1. The van der Waals surface area contributed by atoms with E-state index in [1.807, 2.05) is 42.5 Å². The Morgan fingerprint density at radius 1 is 0.759 bits per heavy atom. The zero-order valence-electron chi connectivity index (χ0n) is 30.3. The van der Waals surface area contributed by atoms with Crippen molar-refractivity contribution in [3.8, 4) is 34.5 Å². The number of phenolic OH excluding ortho intramolecular Hbond substituents is 4. The van der Waals surface area contributed by atoms with E-state index < -0.39 is 6.10 Å². The van der Waals surface area contributed by atoms with E-state index in [1.165, 1.54) is 11.6 Å². The van der Waals surface area contributed by atoms with Gasteiger partial charge in [0.25, 0.3) is 0 Å². The van der Waals surface area contributed by atoms with Gasteiger partial charge in [-0.05, 0) is 114 Å². The first-order valence-electron chi connectivity index (χ1n) is 18.6. The molecular weight excluding hydrogens is 682 g/mol. The first-order valence-corrected chi connectivity index (χ1v) is 18.6. The molecule has 6 rings (SSSR count). The largest absolute Gasteiger partial charge is 0.508 e. The van der Waals surface area contributed by atoms with E-state index in [2.05, 4.69) is 24.3 Å². The molecule has 0 heterocycles. The first kappa shape index (κ1) is 38.2. The third kappa shape index (κ3) is 9.72. The number of benzene rings is 5. The maximum Gasteiger partial charge on any atom is 0.200 e. The number of ether oxygens (including phenoxy) is 2. The van der Waals surface area contributed by atoms with Gasteiger partial charge in [0, 0.05) is 18.4 Å². The number of aromatic hydroxyl groups is 4. The number of hydrogen-bond acceptors (Lipinski definition) is 9. The molecule has 9 nitrogen and oxygen atoms in total. The number of phenols is 4. The van der Waals surface area contributed by atoms with Gasteiger partial charge in [-0.25, -0.2) is 0 Å². The summed E-state index contributed by atoms with van der Waals surface area (Å²) in [5, 5.41) is 54.2. The Morgan fingerprint density at radius 3 is 2.20 bits per heavy atom. The van der Waals surface area contributed by atoms with Crippen molar-refractivity contribution in [1.82, 2.24) is 0 Å². The second kappa shape index (κ2) is 18.0. The Bertz CT molecular complexity index is 2000. The number of aliphatic hydroxyl groups is 1. The molecule has 1 aliphatic rings. The van der Waals surface area contributed by atoms with Crippen LogP contribution in [0.15, 0.2) is 109 Å². The lowest BCUT2D eigenvalue weighted by Gasteiger charge is -2.40. The van der Waals surface area contributed by atoms with Crippen molar-refractivity contribution in [2.45, 2.75) is 75.9 Å². The Morgan fingerprint density at radius 2 is 1.48 bits per heavy atom. The number of carbonyl (C=O) groups excluding carboxylic acids is 1. The average molecular weight is 732 g/mol. The lowest BCUT2D eigenvalue weighted by molar-refractivity contribution is -0.121. The van der Waals surface area contributed by atoms with Gasteiger partial charge in [0.05, 0.1) is 6.10 Å². The highest BCUT2D eigenvalue weighted by atomic mass is 16.5. The van der Waals surface area contributed by atoms with E-state index in [0.717, 1.165) is 47.9 Å². The second-order valence-electron chi connectivity index (χ2n) is 14.3. The third-order valence-corrected chi connectivity index (χ3v) is 10.5. The zero-order chi connectivity index (χ0) is 38.0. The van der Waals surface area contributed by atoms with Gasteiger partial charge in [-0.3, -0.25) is 10.5 Å². The molecule has 0 aliphatic heterocycles. The first-order chi connectivity index (χ1) is 26.2. The van der Waals surface area contributed by atoms with E-state index in [-0.39, 0.29) is 90.6 Å². The van der Waals surface area contributed by atoms with E-state index in [9.17, 15) is 30.3 Å². The highest BCUT2D eigenvalue weighted by Crippen LogP contribution is 2.55. The molecule has 5 aromatic carbocycles. The van der Waals surface area contributed by atoms with Gasteiger partial charge in [-0.1, -0.05) is 78.9 Å². The number of fused-ring (bicyclic) bond motifs is 1. The van der Waals surface area contributed by atoms with Crippen molar-refractivity contribution in [3.63, 3.8) is 0 Å². The Kier molecular flexibility index (Phi) is 12.7. The van der Waals surface area contributed by atoms with E-state index in [1.54, 1.807) is 36.4 Å². The predicted molar refractivity (Wildman–Crippen MR) is 207 cm³/mol. The predicted octanol–water partition coefficient (Wildman–Crippen LogP) is 7.79. The van der Waals surface area contributed by atoms with Gasteiger partial charge >= 0.3 is 0 Å². The Balaban J connectivity index is 1.30. The SMILES string of the molecule is NCOc1cc(CCC(=O)C[C@H](O)C[C@H]2c3cc(O)c(O)c(OCc4cccc(O)c4)c3[C@@H](CCc3ccccc3)C[C@H]2Cc2ccccc2)ccc1O. The third-order valence-electron chi connectivity index (χ3n) is 10.5. The molecule has 5 aromatic rings. The van der Waals surface area contributed by atoms with Crippen LogP contribution in [-0.2, 0) is 30.7 Å². The van der Waals surface area contributed by atoms with Crippen molar-refractivity contribution in [2.75, 3.05) is 6.73 Å². The number of hydrogen-bond donors (Lipinski definition) is 6. The molecule has 282 valence electrons. The summed E-state index contributed by atoms with van der Waals surface area (Å²) in [6.45, 7) is -0.0343. The molecule has 0 saturated heterocycles. The standard InChI is InChI=1S/C45H49NO8/c46-28-54-42-22-31(16-19-40(42)50)15-18-36(48)24-37(49)25-38-34(20-30-10-5-2-6-11-30)23-33(17-14-29-8-3-1-4-9-29)43-39(38)26-41(51)44(52)45(43)53-27-32-12-7-13-35(47)21-32/h1-13,16,19,21-22,26,33-34,37-38,47,49-52H,14-15,17-18,20,23-25,27-28,46H2/t33-,34+,37-,38+/m0/s1. The second-order valence-corrected chi connectivity index (χ2v) is 14.3. The van der Waals surface area contributed by atoms with Crippen molar-refractivity contribution in [1.29, 1.82) is 0 Å². The van der Waals surface area contributed by atoms with Gasteiger partial charge in [0.2, 0.25) is 5.75 Å². The molecule has 0 saturated carbocycles. The molecule has 0 radical (unpaired) electrons. The molecule has 7 N–H and O–H groups in total. The van der Waals surface area contributed by atoms with Crippen molar-refractivity contribution in [3.05, 3.63) is 143 Å². The molecule has 0 fully saturated rings. The van der Waals surface area contributed by atoms with Crippen molar-refractivity contribution >= 4 is 5.78 Å². The summed E-state index contributed by atoms with van der Waals surface area (Å²) in [5.41, 5.74) is 10.9. The maximum absolute atomic E-state index is 13.3. The quantitative estimate of drug-likeness (QED) is 0.0414. The summed E-state index contributed by atoms with van der Waals surface area (Å²) in [4.78, 5) is 13.3. The summed E-state index contributed by atoms with van der Waals surface area (Å²) >= 11 is 0. The van der Waals surface area contributed by atoms with E-state index in [4.69, 9.17) is 15.2 Å². The molecule has 54 heavy (non-hydrogen) atoms. The minimum atomic E-state index is -0.960. The molecule has 0 unspecified atom stereocenters. The van der Waals surface area contributed by atoms with Crippen LogP contribution < -0.4 is 15.2 Å². The smallest absolute Gasteiger partial charge is 0.200 e. The van der Waals surface area contributed by atoms with Crippen LogP contribution in [0.2, 0.25) is 0 Å². The minimum absolute atomic E-state index is 0.0293. The van der Waals surface area contributed by atoms with Crippen LogP contribution in [0.25, 0.3) is 0 Å². The topological polar surface area (TPSA) is 163 Å². The van der Waals surface area contributed by atoms with Crippen LogP contribution in [0.5, 0.6) is 34.5 Å². The highest BCUT2D eigenvalue weighted by molar-refractivity contribution is 5.79. The fourth-order valence-electron chi connectivity index (χ4n) is 7.90. The van der Waals surface area contributed by atoms with Gasteiger partial charge < -0.3 is 35.0 Å². The summed E-state index contributed by atoms with van der Waals surface area (Å²) in [6, 6.07) is 33.7. The van der Waals surface area contributed by atoms with Gasteiger partial charge in [0.1, 0.15) is 24.9 Å². The number of rotatable bonds is 17. The number of aryl methyl sites for hydroxylation is 2. The molecule has 1 aliphatic carbocycles. The van der Waals surface area contributed by atoms with Crippen molar-refractivity contribution in [2.24, 2.45) is 11.7 Å². The molecule has 4 atom stereocenters. The molecular formula is C45H49NO8. The normalized spacial score (nSPS) is 17.0. The van der Waals surface area contributed by atoms with Crippen LogP contribution in [0.3, 0.4) is 0 Å². The Labute approximate surface area is 316 Å². The summed E-state index contributed by atoms with van der Waals surface area (Å²) in [5.74, 6) is -0.502. The van der Waals surface area contributed by atoms with Crippen LogP contribution in [0.4, 0.5) is 0 Å². The van der Waals surface area contributed by atoms with E-state index in [0.29, 0.717) is 12.0 Å². The van der Waals surface area contributed by atoms with Crippen LogP contribution in [0, 0.1) is 5.92 Å². The number of aliphatic hydroxyl groups excluding tert-OH is 1. The van der Waals surface area contributed by atoms with Gasteiger partial charge in [-0.15, -0.1) is 0 Å². The molecule has 0 aromatic heterocycles. The summed E-state index contributed by atoms with van der Waals surface area (Å²) in [7, 11) is 0. The number of nitrogens with two attached hydrogens (primary N) is 1. The summed E-state index contributed by atoms with van der Waals surface area (Å²) in [6.07, 6.45) is 2.88. The number of ketones is 1. The molecule has 9 heteroatoms. The van der Waals surface area contributed by atoms with Crippen LogP contribution in [0.1, 0.15) is 77.3 Å². The lowest BCUT2D eigenvalue weighted by Crippen LogP contribution is -2.30. The highest BCUT2D eigenvalue weighted by Gasteiger charge is 2.40. The van der Waals surface area contributed by atoms with Gasteiger partial charge in [0.15, 0.2) is 23.0 Å². The van der Waals surface area contributed by atoms with Crippen LogP contribution in [-0.4, -0.2) is 44.2 Å². The molecule has 0 bridgehead atoms. The zero-order valence-corrected chi connectivity index (χ0v) is 30.3. The minimum Gasteiger partial charge on any atom is -0.508 e. The summed E-state index contributed by atoms with van der Waals surface area (Å²) < 4.78 is 11.6. The van der Waals surface area contributed by atoms with Crippen molar-refractivity contribution < 1.29 is 39.8 Å². The average Bonchev–Trinajstić information content (AvgIpc) is 3.16. The fraction of sp³-hybridized carbons (Fsp3) is 0.311. The van der Waals surface area contributed by atoms with Crippen LogP contribution >= 0.6 is 0 Å². The fourth-order valence-corrected chi connectivity index (χ4v) is 7.90. The molecule has 0 spiro atoms. The Hall–Kier alpha value is -5.51. The lowest BCUT2D eigenvalue weighted by atomic mass is 9.65. The monoisotopic (exact) mass is 731 g/mol. The molecule has 0 amide bonds. The van der Waals surface area contributed by atoms with E-state index >= 15 is 0 Å².